The molecular weight excluding hydrogens is 214 g/mol. The molecule has 0 amide bonds. The minimum Gasteiger partial charge on any atom is -0.495 e. The second-order valence-corrected chi connectivity index (χ2v) is 4.60. The largest absolute Gasteiger partial charge is 0.495 e. The molecule has 1 N–H and O–H groups in total. The molecule has 3 heteroatoms. The van der Waals surface area contributed by atoms with Gasteiger partial charge in [0, 0.05) is 13.2 Å². The lowest BCUT2D eigenvalue weighted by atomic mass is 10.2. The third-order valence-electron chi connectivity index (χ3n) is 2.37. The van der Waals surface area contributed by atoms with Crippen molar-refractivity contribution >= 4 is 5.69 Å². The lowest BCUT2D eigenvalue weighted by Gasteiger charge is -2.12. The Morgan fingerprint density at radius 3 is 2.71 bits per heavy atom. The van der Waals surface area contributed by atoms with Gasteiger partial charge in [-0.15, -0.1) is 0 Å². The summed E-state index contributed by atoms with van der Waals surface area (Å²) in [6, 6.07) is 6.10. The van der Waals surface area contributed by atoms with Crippen molar-refractivity contribution in [3.63, 3.8) is 0 Å². The molecule has 1 rings (SSSR count). The highest BCUT2D eigenvalue weighted by molar-refractivity contribution is 5.57. The highest BCUT2D eigenvalue weighted by Gasteiger charge is 2.02. The van der Waals surface area contributed by atoms with Gasteiger partial charge in [-0.05, 0) is 30.5 Å². The summed E-state index contributed by atoms with van der Waals surface area (Å²) in [5.41, 5.74) is 2.25. The molecule has 0 heterocycles. The summed E-state index contributed by atoms with van der Waals surface area (Å²) in [7, 11) is 1.69. The van der Waals surface area contributed by atoms with E-state index in [0.29, 0.717) is 5.92 Å². The van der Waals surface area contributed by atoms with Gasteiger partial charge in [0.15, 0.2) is 0 Å². The first-order valence-corrected chi connectivity index (χ1v) is 6.09. The van der Waals surface area contributed by atoms with Crippen molar-refractivity contribution < 1.29 is 9.47 Å². The van der Waals surface area contributed by atoms with E-state index < -0.39 is 0 Å². The average Bonchev–Trinajstić information content (AvgIpc) is 2.28. The maximum absolute atomic E-state index is 5.52. The molecule has 0 saturated carbocycles. The van der Waals surface area contributed by atoms with Crippen molar-refractivity contribution in [3.8, 4) is 5.75 Å². The molecule has 96 valence electrons. The molecule has 1 aromatic rings. The Hall–Kier alpha value is -1.22. The van der Waals surface area contributed by atoms with Crippen LogP contribution >= 0.6 is 0 Å². The van der Waals surface area contributed by atoms with Crippen LogP contribution in [0.25, 0.3) is 0 Å². The summed E-state index contributed by atoms with van der Waals surface area (Å²) >= 11 is 0. The molecule has 0 saturated heterocycles. The van der Waals surface area contributed by atoms with Crippen molar-refractivity contribution in [2.24, 2.45) is 5.92 Å². The fourth-order valence-electron chi connectivity index (χ4n) is 1.54. The van der Waals surface area contributed by atoms with E-state index in [2.05, 4.69) is 32.2 Å². The van der Waals surface area contributed by atoms with Crippen LogP contribution in [-0.4, -0.2) is 26.9 Å². The van der Waals surface area contributed by atoms with Crippen LogP contribution in [0.1, 0.15) is 19.4 Å². The van der Waals surface area contributed by atoms with E-state index in [4.69, 9.17) is 9.47 Å². The maximum Gasteiger partial charge on any atom is 0.141 e. The van der Waals surface area contributed by atoms with Crippen molar-refractivity contribution in [3.05, 3.63) is 23.8 Å². The van der Waals surface area contributed by atoms with Crippen LogP contribution in [0.2, 0.25) is 0 Å². The Labute approximate surface area is 104 Å². The molecule has 1 aromatic carbocycles. The summed E-state index contributed by atoms with van der Waals surface area (Å²) in [5.74, 6) is 1.46. The predicted molar refractivity (Wildman–Crippen MR) is 71.9 cm³/mol. The van der Waals surface area contributed by atoms with E-state index in [9.17, 15) is 0 Å². The summed E-state index contributed by atoms with van der Waals surface area (Å²) in [6.07, 6.45) is 0. The molecule has 0 fully saturated rings. The Morgan fingerprint density at radius 1 is 1.29 bits per heavy atom. The fraction of sp³-hybridized carbons (Fsp3) is 0.571. The number of aryl methyl sites for hydroxylation is 1. The fourth-order valence-corrected chi connectivity index (χ4v) is 1.54. The van der Waals surface area contributed by atoms with Crippen molar-refractivity contribution in [1.82, 2.24) is 0 Å². The van der Waals surface area contributed by atoms with Gasteiger partial charge in [-0.25, -0.2) is 0 Å². The number of methoxy groups -OCH3 is 1. The summed E-state index contributed by atoms with van der Waals surface area (Å²) in [6.45, 7) is 8.70. The number of rotatable bonds is 7. The Kier molecular flexibility index (Phi) is 5.84. The number of anilines is 1. The van der Waals surface area contributed by atoms with Gasteiger partial charge in [-0.2, -0.15) is 0 Å². The lowest BCUT2D eigenvalue weighted by molar-refractivity contribution is 0.118. The van der Waals surface area contributed by atoms with E-state index in [1.165, 1.54) is 5.56 Å². The average molecular weight is 237 g/mol. The maximum atomic E-state index is 5.52. The van der Waals surface area contributed by atoms with Gasteiger partial charge in [0.2, 0.25) is 0 Å². The number of ether oxygens (including phenoxy) is 2. The number of hydrogen-bond acceptors (Lipinski definition) is 3. The zero-order valence-corrected chi connectivity index (χ0v) is 11.2. The monoisotopic (exact) mass is 237 g/mol. The first-order valence-electron chi connectivity index (χ1n) is 6.09. The van der Waals surface area contributed by atoms with Crippen LogP contribution < -0.4 is 10.1 Å². The van der Waals surface area contributed by atoms with Crippen LogP contribution in [0.4, 0.5) is 5.69 Å². The molecule has 17 heavy (non-hydrogen) atoms. The number of hydrogen-bond donors (Lipinski definition) is 1. The van der Waals surface area contributed by atoms with E-state index in [-0.39, 0.29) is 0 Å². The van der Waals surface area contributed by atoms with Gasteiger partial charge < -0.3 is 14.8 Å². The van der Waals surface area contributed by atoms with Crippen molar-refractivity contribution in [2.45, 2.75) is 20.8 Å². The first-order chi connectivity index (χ1) is 8.13. The molecule has 0 unspecified atom stereocenters. The van der Waals surface area contributed by atoms with Crippen LogP contribution in [0.3, 0.4) is 0 Å². The highest BCUT2D eigenvalue weighted by Crippen LogP contribution is 2.24. The second kappa shape index (κ2) is 7.17. The smallest absolute Gasteiger partial charge is 0.141 e. The SMILES string of the molecule is COc1ccc(C)cc1NCCOCC(C)C. The zero-order chi connectivity index (χ0) is 12.7. The second-order valence-electron chi connectivity index (χ2n) is 4.60. The summed E-state index contributed by atoms with van der Waals surface area (Å²) in [5, 5.41) is 3.33. The van der Waals surface area contributed by atoms with Crippen LogP contribution in [0.5, 0.6) is 5.75 Å². The summed E-state index contributed by atoms with van der Waals surface area (Å²) in [4.78, 5) is 0. The molecule has 0 aliphatic heterocycles. The Bertz CT molecular complexity index is 337. The molecule has 0 aliphatic carbocycles. The normalized spacial score (nSPS) is 10.6. The van der Waals surface area contributed by atoms with Gasteiger partial charge in [0.05, 0.1) is 19.4 Å². The van der Waals surface area contributed by atoms with E-state index in [1.807, 2.05) is 12.1 Å². The molecule has 0 aliphatic rings. The minimum atomic E-state index is 0.587. The molecule has 0 spiro atoms. The van der Waals surface area contributed by atoms with E-state index in [0.717, 1.165) is 31.2 Å². The third-order valence-corrected chi connectivity index (χ3v) is 2.37. The molecule has 0 radical (unpaired) electrons. The van der Waals surface area contributed by atoms with E-state index >= 15 is 0 Å². The lowest BCUT2D eigenvalue weighted by Crippen LogP contribution is -2.12. The minimum absolute atomic E-state index is 0.587. The third kappa shape index (κ3) is 5.09. The van der Waals surface area contributed by atoms with Gasteiger partial charge >= 0.3 is 0 Å². The molecule has 0 bridgehead atoms. The number of nitrogens with one attached hydrogen (secondary N) is 1. The standard InChI is InChI=1S/C14H23NO2/c1-11(2)10-17-8-7-15-13-9-12(3)5-6-14(13)16-4/h5-6,9,11,15H,7-8,10H2,1-4H3. The predicted octanol–water partition coefficient (Wildman–Crippen LogP) is 3.09. The molecular formula is C14H23NO2. The van der Waals surface area contributed by atoms with Gasteiger partial charge in [0.1, 0.15) is 5.75 Å². The Morgan fingerprint density at radius 2 is 2.06 bits per heavy atom. The quantitative estimate of drug-likeness (QED) is 0.739. The zero-order valence-electron chi connectivity index (χ0n) is 11.2. The van der Waals surface area contributed by atoms with Gasteiger partial charge in [0.25, 0.3) is 0 Å². The van der Waals surface area contributed by atoms with Crippen LogP contribution in [-0.2, 0) is 4.74 Å². The van der Waals surface area contributed by atoms with Gasteiger partial charge in [-0.1, -0.05) is 19.9 Å². The van der Waals surface area contributed by atoms with Crippen LogP contribution in [0, 0.1) is 12.8 Å². The van der Waals surface area contributed by atoms with Crippen molar-refractivity contribution in [1.29, 1.82) is 0 Å². The number of benzene rings is 1. The van der Waals surface area contributed by atoms with Crippen LogP contribution in [0.15, 0.2) is 18.2 Å². The van der Waals surface area contributed by atoms with E-state index in [1.54, 1.807) is 7.11 Å². The Balaban J connectivity index is 2.37. The molecule has 0 aromatic heterocycles. The summed E-state index contributed by atoms with van der Waals surface area (Å²) < 4.78 is 10.8. The topological polar surface area (TPSA) is 30.5 Å². The van der Waals surface area contributed by atoms with Crippen molar-refractivity contribution in [2.75, 3.05) is 32.2 Å². The molecule has 3 nitrogen and oxygen atoms in total. The molecule has 0 atom stereocenters. The van der Waals surface area contributed by atoms with Gasteiger partial charge in [-0.3, -0.25) is 0 Å². The highest BCUT2D eigenvalue weighted by atomic mass is 16.5. The first kappa shape index (κ1) is 13.8.